The normalized spacial score (nSPS) is 16.8. The molecule has 0 saturated heterocycles. The monoisotopic (exact) mass is 223 g/mol. The van der Waals surface area contributed by atoms with Crippen molar-refractivity contribution in [2.45, 2.75) is 13.0 Å². The zero-order chi connectivity index (χ0) is 10.7. The molecular weight excluding hydrogens is 210 g/mol. The van der Waals surface area contributed by atoms with Crippen LogP contribution in [0.4, 0.5) is 0 Å². The first-order chi connectivity index (χ1) is 7.25. The smallest absolute Gasteiger partial charge is 0.191 e. The van der Waals surface area contributed by atoms with Crippen molar-refractivity contribution in [3.05, 3.63) is 34.9 Å². The van der Waals surface area contributed by atoms with E-state index in [4.69, 9.17) is 11.6 Å². The fraction of sp³-hybridized carbons (Fsp3) is 0.364. The van der Waals surface area contributed by atoms with Crippen molar-refractivity contribution in [2.24, 2.45) is 4.99 Å². The molecular formula is C11H14ClN3. The SMILES string of the molecule is C[C@H](NC1=NCCN1)c1cccc(Cl)c1. The predicted molar refractivity (Wildman–Crippen MR) is 63.3 cm³/mol. The number of rotatable bonds is 2. The second kappa shape index (κ2) is 4.53. The number of benzene rings is 1. The molecule has 0 spiro atoms. The van der Waals surface area contributed by atoms with Crippen molar-refractivity contribution in [2.75, 3.05) is 13.1 Å². The maximum Gasteiger partial charge on any atom is 0.191 e. The molecule has 0 fully saturated rings. The average molecular weight is 224 g/mol. The van der Waals surface area contributed by atoms with Gasteiger partial charge in [-0.3, -0.25) is 4.99 Å². The standard InChI is InChI=1S/C11H14ClN3/c1-8(15-11-13-5-6-14-11)9-3-2-4-10(12)7-9/h2-4,7-8H,5-6H2,1H3,(H2,13,14,15)/t8-/m0/s1. The first-order valence-corrected chi connectivity index (χ1v) is 5.44. The highest BCUT2D eigenvalue weighted by molar-refractivity contribution is 6.30. The Kier molecular flexibility index (Phi) is 3.11. The molecule has 0 bridgehead atoms. The molecule has 2 N–H and O–H groups in total. The summed E-state index contributed by atoms with van der Waals surface area (Å²) in [5, 5.41) is 7.25. The van der Waals surface area contributed by atoms with Gasteiger partial charge in [0.05, 0.1) is 12.6 Å². The lowest BCUT2D eigenvalue weighted by atomic mass is 10.1. The summed E-state index contributed by atoms with van der Waals surface area (Å²) in [6.07, 6.45) is 0. The van der Waals surface area contributed by atoms with Gasteiger partial charge in [0, 0.05) is 11.6 Å². The number of hydrogen-bond donors (Lipinski definition) is 2. The minimum absolute atomic E-state index is 0.216. The maximum atomic E-state index is 5.93. The van der Waals surface area contributed by atoms with Crippen LogP contribution in [0.2, 0.25) is 5.02 Å². The molecule has 0 radical (unpaired) electrons. The van der Waals surface area contributed by atoms with Gasteiger partial charge in [-0.15, -0.1) is 0 Å². The Morgan fingerprint density at radius 2 is 2.40 bits per heavy atom. The van der Waals surface area contributed by atoms with Gasteiger partial charge in [-0.05, 0) is 24.6 Å². The van der Waals surface area contributed by atoms with E-state index < -0.39 is 0 Å². The van der Waals surface area contributed by atoms with Gasteiger partial charge in [0.1, 0.15) is 0 Å². The lowest BCUT2D eigenvalue weighted by Gasteiger charge is -2.15. The Bertz CT molecular complexity index is 376. The maximum absolute atomic E-state index is 5.93. The zero-order valence-electron chi connectivity index (χ0n) is 8.63. The molecule has 0 aliphatic carbocycles. The van der Waals surface area contributed by atoms with Crippen LogP contribution in [0.25, 0.3) is 0 Å². The molecule has 1 atom stereocenters. The molecule has 3 nitrogen and oxygen atoms in total. The Morgan fingerprint density at radius 3 is 3.07 bits per heavy atom. The van der Waals surface area contributed by atoms with Crippen LogP contribution in [0.3, 0.4) is 0 Å². The van der Waals surface area contributed by atoms with E-state index in [0.717, 1.165) is 24.1 Å². The number of aliphatic imine (C=N–C) groups is 1. The molecule has 1 aliphatic heterocycles. The van der Waals surface area contributed by atoms with Gasteiger partial charge in [-0.1, -0.05) is 23.7 Å². The third kappa shape index (κ3) is 2.63. The molecule has 1 aromatic rings. The fourth-order valence-corrected chi connectivity index (χ4v) is 1.76. The Hall–Kier alpha value is -1.22. The van der Waals surface area contributed by atoms with Crippen LogP contribution in [-0.4, -0.2) is 19.0 Å². The molecule has 0 aromatic heterocycles. The quantitative estimate of drug-likeness (QED) is 0.804. The van der Waals surface area contributed by atoms with E-state index in [2.05, 4.69) is 28.6 Å². The van der Waals surface area contributed by atoms with E-state index in [1.54, 1.807) is 0 Å². The predicted octanol–water partition coefficient (Wildman–Crippen LogP) is 1.95. The van der Waals surface area contributed by atoms with Crippen molar-refractivity contribution in [1.29, 1.82) is 0 Å². The Balaban J connectivity index is 2.04. The molecule has 0 unspecified atom stereocenters. The van der Waals surface area contributed by atoms with Crippen molar-refractivity contribution in [3.63, 3.8) is 0 Å². The first-order valence-electron chi connectivity index (χ1n) is 5.06. The summed E-state index contributed by atoms with van der Waals surface area (Å²) in [5.74, 6) is 0.877. The van der Waals surface area contributed by atoms with Crippen LogP contribution in [0.15, 0.2) is 29.3 Å². The van der Waals surface area contributed by atoms with Crippen LogP contribution < -0.4 is 10.6 Å². The highest BCUT2D eigenvalue weighted by Crippen LogP contribution is 2.17. The fourth-order valence-electron chi connectivity index (χ4n) is 1.56. The second-order valence-electron chi connectivity index (χ2n) is 3.58. The van der Waals surface area contributed by atoms with Gasteiger partial charge in [-0.2, -0.15) is 0 Å². The molecule has 0 saturated carbocycles. The number of halogens is 1. The minimum Gasteiger partial charge on any atom is -0.355 e. The summed E-state index contributed by atoms with van der Waals surface area (Å²) in [6.45, 7) is 3.86. The van der Waals surface area contributed by atoms with Crippen molar-refractivity contribution in [3.8, 4) is 0 Å². The zero-order valence-corrected chi connectivity index (χ0v) is 9.38. The molecule has 2 rings (SSSR count). The third-order valence-electron chi connectivity index (χ3n) is 2.38. The van der Waals surface area contributed by atoms with Gasteiger partial charge in [0.25, 0.3) is 0 Å². The molecule has 1 heterocycles. The molecule has 15 heavy (non-hydrogen) atoms. The van der Waals surface area contributed by atoms with E-state index >= 15 is 0 Å². The van der Waals surface area contributed by atoms with Crippen LogP contribution in [0.5, 0.6) is 0 Å². The Labute approximate surface area is 94.5 Å². The van der Waals surface area contributed by atoms with Gasteiger partial charge < -0.3 is 10.6 Å². The van der Waals surface area contributed by atoms with E-state index in [0.29, 0.717) is 0 Å². The van der Waals surface area contributed by atoms with Gasteiger partial charge in [0.2, 0.25) is 0 Å². The van der Waals surface area contributed by atoms with Crippen LogP contribution in [0.1, 0.15) is 18.5 Å². The van der Waals surface area contributed by atoms with Gasteiger partial charge >= 0.3 is 0 Å². The van der Waals surface area contributed by atoms with E-state index in [1.165, 1.54) is 5.56 Å². The summed E-state index contributed by atoms with van der Waals surface area (Å²) >= 11 is 5.93. The first kappa shape index (κ1) is 10.3. The molecule has 1 aliphatic rings. The van der Waals surface area contributed by atoms with Crippen LogP contribution in [-0.2, 0) is 0 Å². The van der Waals surface area contributed by atoms with Gasteiger partial charge in [-0.25, -0.2) is 0 Å². The number of nitrogens with zero attached hydrogens (tertiary/aromatic N) is 1. The number of nitrogens with one attached hydrogen (secondary N) is 2. The van der Waals surface area contributed by atoms with Crippen molar-refractivity contribution >= 4 is 17.6 Å². The van der Waals surface area contributed by atoms with E-state index in [-0.39, 0.29) is 6.04 Å². The van der Waals surface area contributed by atoms with Crippen molar-refractivity contribution in [1.82, 2.24) is 10.6 Å². The summed E-state index contributed by atoms with van der Waals surface area (Å²) in [7, 11) is 0. The summed E-state index contributed by atoms with van der Waals surface area (Å²) in [5.41, 5.74) is 1.17. The minimum atomic E-state index is 0.216. The summed E-state index contributed by atoms with van der Waals surface area (Å²) < 4.78 is 0. The largest absolute Gasteiger partial charge is 0.355 e. The third-order valence-corrected chi connectivity index (χ3v) is 2.61. The Morgan fingerprint density at radius 1 is 1.53 bits per heavy atom. The van der Waals surface area contributed by atoms with Crippen LogP contribution in [0, 0.1) is 0 Å². The highest BCUT2D eigenvalue weighted by atomic mass is 35.5. The molecule has 0 amide bonds. The molecule has 80 valence electrons. The second-order valence-corrected chi connectivity index (χ2v) is 4.01. The summed E-state index contributed by atoms with van der Waals surface area (Å²) in [4.78, 5) is 4.29. The lowest BCUT2D eigenvalue weighted by Crippen LogP contribution is -2.35. The number of hydrogen-bond acceptors (Lipinski definition) is 3. The van der Waals surface area contributed by atoms with Gasteiger partial charge in [0.15, 0.2) is 5.96 Å². The van der Waals surface area contributed by atoms with Crippen LogP contribution >= 0.6 is 11.6 Å². The van der Waals surface area contributed by atoms with Crippen molar-refractivity contribution < 1.29 is 0 Å². The molecule has 4 heteroatoms. The average Bonchev–Trinajstić information content (AvgIpc) is 2.70. The van der Waals surface area contributed by atoms with E-state index in [1.807, 2.05) is 18.2 Å². The highest BCUT2D eigenvalue weighted by Gasteiger charge is 2.10. The number of guanidine groups is 1. The lowest BCUT2D eigenvalue weighted by molar-refractivity contribution is 0.702. The topological polar surface area (TPSA) is 36.4 Å². The van der Waals surface area contributed by atoms with E-state index in [9.17, 15) is 0 Å². The summed E-state index contributed by atoms with van der Waals surface area (Å²) in [6, 6.07) is 8.07. The molecule has 1 aromatic carbocycles.